The summed E-state index contributed by atoms with van der Waals surface area (Å²) >= 11 is 6.32. The average molecular weight is 527 g/mol. The lowest BCUT2D eigenvalue weighted by molar-refractivity contribution is 0.0503. The number of aromatic nitrogens is 3. The molecule has 0 aliphatic rings. The van der Waals surface area contributed by atoms with E-state index in [0.717, 1.165) is 18.4 Å². The van der Waals surface area contributed by atoms with Crippen molar-refractivity contribution in [1.29, 1.82) is 0 Å². The second-order valence-electron chi connectivity index (χ2n) is 8.92. The number of unbranched alkanes of at least 4 members (excludes halogenated alkanes) is 1. The van der Waals surface area contributed by atoms with Gasteiger partial charge in [-0.05, 0) is 42.7 Å². The van der Waals surface area contributed by atoms with Crippen LogP contribution in [0.2, 0.25) is 5.02 Å². The largest absolute Gasteiger partial charge is 0.462 e. The molecule has 0 aliphatic carbocycles. The number of para-hydroxylation sites is 2. The fourth-order valence-corrected chi connectivity index (χ4v) is 4.55. The molecule has 0 radical (unpaired) electrons. The zero-order chi connectivity index (χ0) is 26.5. The number of fused-ring (bicyclic) bond motifs is 2. The molecule has 0 spiro atoms. The Hall–Kier alpha value is -4.23. The number of aryl methyl sites for hydroxylation is 2. The van der Waals surface area contributed by atoms with Crippen LogP contribution in [0.1, 0.15) is 46.0 Å². The number of anilines is 1. The lowest BCUT2D eigenvalue weighted by Crippen LogP contribution is -2.19. The third-order valence-corrected chi connectivity index (χ3v) is 6.63. The number of rotatable bonds is 9. The molecule has 3 aromatic carbocycles. The first-order valence-electron chi connectivity index (χ1n) is 12.6. The molecule has 0 unspecified atom stereocenters. The van der Waals surface area contributed by atoms with Crippen molar-refractivity contribution in [1.82, 2.24) is 14.5 Å². The number of nitrogens with zero attached hydrogens (tertiary/aromatic N) is 3. The number of nitrogens with one attached hydrogen (secondary N) is 1. The van der Waals surface area contributed by atoms with Crippen molar-refractivity contribution in [2.45, 2.75) is 32.7 Å². The van der Waals surface area contributed by atoms with Gasteiger partial charge in [0.15, 0.2) is 5.65 Å². The highest BCUT2D eigenvalue weighted by Crippen LogP contribution is 2.32. The van der Waals surface area contributed by atoms with Crippen molar-refractivity contribution in [2.75, 3.05) is 11.9 Å². The summed E-state index contributed by atoms with van der Waals surface area (Å²) in [7, 11) is 0. The molecule has 0 saturated heterocycles. The Balaban J connectivity index is 1.68. The van der Waals surface area contributed by atoms with Crippen molar-refractivity contribution in [3.05, 3.63) is 101 Å². The second-order valence-corrected chi connectivity index (χ2v) is 9.33. The zero-order valence-corrected chi connectivity index (χ0v) is 21.7. The van der Waals surface area contributed by atoms with E-state index in [0.29, 0.717) is 45.7 Å². The Labute approximate surface area is 225 Å². The normalized spacial score (nSPS) is 11.1. The highest BCUT2D eigenvalue weighted by molar-refractivity contribution is 6.34. The molecule has 2 aromatic heterocycles. The number of halogens is 1. The van der Waals surface area contributed by atoms with Crippen LogP contribution in [0, 0.1) is 0 Å². The summed E-state index contributed by atoms with van der Waals surface area (Å²) < 4.78 is 7.46. The number of carbonyl (C=O) groups excluding carboxylic acids is 2. The fraction of sp³-hybridized carbons (Fsp3) is 0.200. The van der Waals surface area contributed by atoms with E-state index in [1.807, 2.05) is 66.1 Å². The van der Waals surface area contributed by atoms with Gasteiger partial charge in [0.05, 0.1) is 28.2 Å². The van der Waals surface area contributed by atoms with Gasteiger partial charge in [0.2, 0.25) is 0 Å². The van der Waals surface area contributed by atoms with Crippen molar-refractivity contribution >= 4 is 51.5 Å². The SMILES string of the molecule is CCCCOC(=O)c1c(NC(=O)c2ccccc2Cl)n(CCc2ccccc2)c2nc3ccccc3nc12. The van der Waals surface area contributed by atoms with E-state index in [9.17, 15) is 9.59 Å². The molecule has 0 atom stereocenters. The molecule has 0 saturated carbocycles. The quantitative estimate of drug-likeness (QED) is 0.171. The minimum atomic E-state index is -0.555. The third-order valence-electron chi connectivity index (χ3n) is 6.30. The molecule has 5 rings (SSSR count). The molecule has 1 amide bonds. The van der Waals surface area contributed by atoms with Crippen molar-refractivity contribution in [3.63, 3.8) is 0 Å². The molecule has 8 heteroatoms. The van der Waals surface area contributed by atoms with E-state index >= 15 is 0 Å². The first-order chi connectivity index (χ1) is 18.6. The summed E-state index contributed by atoms with van der Waals surface area (Å²) in [6, 6.07) is 24.3. The Bertz CT molecular complexity index is 1610. The monoisotopic (exact) mass is 526 g/mol. The van der Waals surface area contributed by atoms with Gasteiger partial charge in [0, 0.05) is 6.54 Å². The first kappa shape index (κ1) is 25.4. The van der Waals surface area contributed by atoms with E-state index in [2.05, 4.69) is 5.32 Å². The summed E-state index contributed by atoms with van der Waals surface area (Å²) in [5, 5.41) is 3.26. The molecule has 1 N–H and O–H groups in total. The molecule has 7 nitrogen and oxygen atoms in total. The van der Waals surface area contributed by atoms with Crippen molar-refractivity contribution in [2.24, 2.45) is 0 Å². The second kappa shape index (κ2) is 11.4. The highest BCUT2D eigenvalue weighted by Gasteiger charge is 2.28. The Kier molecular flexibility index (Phi) is 7.65. The van der Waals surface area contributed by atoms with Gasteiger partial charge in [-0.25, -0.2) is 14.8 Å². The van der Waals surface area contributed by atoms with Crippen molar-refractivity contribution in [3.8, 4) is 0 Å². The molecule has 5 aromatic rings. The molecule has 0 fully saturated rings. The van der Waals surface area contributed by atoms with Gasteiger partial charge in [-0.1, -0.05) is 79.5 Å². The van der Waals surface area contributed by atoms with Gasteiger partial charge in [0.1, 0.15) is 16.9 Å². The number of esters is 1. The Morgan fingerprint density at radius 1 is 0.921 bits per heavy atom. The number of ether oxygens (including phenoxy) is 1. The standard InChI is InChI=1S/C30H27ClN4O3/c1-2-3-19-38-30(37)25-26-28(33-24-16-10-9-15-23(24)32-26)35(18-17-20-11-5-4-6-12-20)27(25)34-29(36)21-13-7-8-14-22(21)31/h4-16H,2-3,17-19H2,1H3,(H,34,36). The fourth-order valence-electron chi connectivity index (χ4n) is 4.33. The maximum atomic E-state index is 13.5. The van der Waals surface area contributed by atoms with Crippen LogP contribution in [0.3, 0.4) is 0 Å². The number of carbonyl (C=O) groups is 2. The van der Waals surface area contributed by atoms with Crippen LogP contribution in [0.15, 0.2) is 78.9 Å². The first-order valence-corrected chi connectivity index (χ1v) is 13.0. The van der Waals surface area contributed by atoms with Gasteiger partial charge in [-0.2, -0.15) is 0 Å². The minimum absolute atomic E-state index is 0.183. The highest BCUT2D eigenvalue weighted by atomic mass is 35.5. The predicted octanol–water partition coefficient (Wildman–Crippen LogP) is 6.69. The lowest BCUT2D eigenvalue weighted by Gasteiger charge is -2.14. The lowest BCUT2D eigenvalue weighted by atomic mass is 10.1. The molecule has 38 heavy (non-hydrogen) atoms. The van der Waals surface area contributed by atoms with E-state index in [1.54, 1.807) is 24.3 Å². The molecule has 2 heterocycles. The van der Waals surface area contributed by atoms with Crippen molar-refractivity contribution < 1.29 is 14.3 Å². The van der Waals surface area contributed by atoms with Gasteiger partial charge in [-0.15, -0.1) is 0 Å². The van der Waals surface area contributed by atoms with Gasteiger partial charge < -0.3 is 14.6 Å². The van der Waals surface area contributed by atoms with Gasteiger partial charge in [0.25, 0.3) is 5.91 Å². The minimum Gasteiger partial charge on any atom is -0.462 e. The van der Waals surface area contributed by atoms with Gasteiger partial charge >= 0.3 is 5.97 Å². The topological polar surface area (TPSA) is 86.1 Å². The zero-order valence-electron chi connectivity index (χ0n) is 21.0. The van der Waals surface area contributed by atoms with Crippen LogP contribution < -0.4 is 5.32 Å². The van der Waals surface area contributed by atoms with E-state index in [1.165, 1.54) is 0 Å². The average Bonchev–Trinajstić information content (AvgIpc) is 3.23. The van der Waals surface area contributed by atoms with Crippen LogP contribution in [0.5, 0.6) is 0 Å². The van der Waals surface area contributed by atoms with Crippen LogP contribution >= 0.6 is 11.6 Å². The molecule has 0 aliphatic heterocycles. The molecular weight excluding hydrogens is 500 g/mol. The Morgan fingerprint density at radius 2 is 1.61 bits per heavy atom. The number of benzene rings is 3. The number of hydrogen-bond acceptors (Lipinski definition) is 5. The summed E-state index contributed by atoms with van der Waals surface area (Å²) in [6.07, 6.45) is 2.26. The van der Waals surface area contributed by atoms with Crippen LogP contribution in [-0.4, -0.2) is 33.0 Å². The number of hydrogen-bond donors (Lipinski definition) is 1. The molecule has 0 bridgehead atoms. The van der Waals surface area contributed by atoms with E-state index in [-0.39, 0.29) is 18.0 Å². The summed E-state index contributed by atoms with van der Waals surface area (Å²) in [5.74, 6) is -0.704. The Morgan fingerprint density at radius 3 is 2.34 bits per heavy atom. The molecular formula is C30H27ClN4O3. The summed E-state index contributed by atoms with van der Waals surface area (Å²) in [4.78, 5) is 36.5. The van der Waals surface area contributed by atoms with Gasteiger partial charge in [-0.3, -0.25) is 4.79 Å². The van der Waals surface area contributed by atoms with Crippen LogP contribution in [0.4, 0.5) is 5.82 Å². The maximum Gasteiger partial charge on any atom is 0.344 e. The predicted molar refractivity (Wildman–Crippen MR) is 150 cm³/mol. The van der Waals surface area contributed by atoms with Crippen LogP contribution in [-0.2, 0) is 17.7 Å². The smallest absolute Gasteiger partial charge is 0.344 e. The summed E-state index contributed by atoms with van der Waals surface area (Å²) in [5.41, 5.74) is 3.80. The van der Waals surface area contributed by atoms with E-state index in [4.69, 9.17) is 26.3 Å². The summed E-state index contributed by atoms with van der Waals surface area (Å²) in [6.45, 7) is 2.75. The molecule has 192 valence electrons. The van der Waals surface area contributed by atoms with Crippen LogP contribution in [0.25, 0.3) is 22.2 Å². The third kappa shape index (κ3) is 5.24. The number of amides is 1. The van der Waals surface area contributed by atoms with E-state index < -0.39 is 11.9 Å². The maximum absolute atomic E-state index is 13.5.